The lowest BCUT2D eigenvalue weighted by Gasteiger charge is -2.07. The second kappa shape index (κ2) is 5.91. The summed E-state index contributed by atoms with van der Waals surface area (Å²) >= 11 is 0. The summed E-state index contributed by atoms with van der Waals surface area (Å²) in [7, 11) is 0. The number of non-ortho nitro benzene ring substituents is 1. The summed E-state index contributed by atoms with van der Waals surface area (Å²) in [5.41, 5.74) is 6.65. The van der Waals surface area contributed by atoms with Crippen molar-refractivity contribution in [2.45, 2.75) is 6.42 Å². The van der Waals surface area contributed by atoms with E-state index in [-0.39, 0.29) is 23.5 Å². The summed E-state index contributed by atoms with van der Waals surface area (Å²) in [6, 6.07) is 10.2. The highest BCUT2D eigenvalue weighted by molar-refractivity contribution is 5.94. The first kappa shape index (κ1) is 14.3. The summed E-state index contributed by atoms with van der Waals surface area (Å²) in [6.45, 7) is 0. The minimum Gasteiger partial charge on any atom is -0.506 e. The third kappa shape index (κ3) is 3.69. The highest BCUT2D eigenvalue weighted by atomic mass is 16.6. The van der Waals surface area contributed by atoms with Crippen LogP contribution < -0.4 is 11.1 Å². The summed E-state index contributed by atoms with van der Waals surface area (Å²) in [6.07, 6.45) is 0.0488. The first-order valence-electron chi connectivity index (χ1n) is 6.07. The Labute approximate surface area is 120 Å². The van der Waals surface area contributed by atoms with E-state index in [1.807, 2.05) is 0 Å². The Kier molecular flexibility index (Phi) is 4.03. The second-order valence-corrected chi connectivity index (χ2v) is 4.43. The lowest BCUT2D eigenvalue weighted by Crippen LogP contribution is -2.14. The largest absolute Gasteiger partial charge is 0.506 e. The van der Waals surface area contributed by atoms with Gasteiger partial charge in [-0.25, -0.2) is 0 Å². The number of phenols is 1. The van der Waals surface area contributed by atoms with Gasteiger partial charge in [-0.2, -0.15) is 0 Å². The van der Waals surface area contributed by atoms with Crippen molar-refractivity contribution in [3.63, 3.8) is 0 Å². The molecule has 2 aromatic carbocycles. The number of carbonyl (C=O) groups is 1. The Morgan fingerprint density at radius 3 is 2.71 bits per heavy atom. The number of nitro groups is 1. The zero-order valence-electron chi connectivity index (χ0n) is 10.9. The number of rotatable bonds is 4. The van der Waals surface area contributed by atoms with Crippen molar-refractivity contribution in [1.82, 2.24) is 0 Å². The van der Waals surface area contributed by atoms with Gasteiger partial charge in [0.15, 0.2) is 0 Å². The van der Waals surface area contributed by atoms with E-state index in [1.165, 1.54) is 0 Å². The van der Waals surface area contributed by atoms with Crippen LogP contribution in [0.1, 0.15) is 5.56 Å². The van der Waals surface area contributed by atoms with Crippen LogP contribution in [0.25, 0.3) is 0 Å². The maximum absolute atomic E-state index is 11.9. The molecule has 0 atom stereocenters. The Morgan fingerprint density at radius 2 is 2.05 bits per heavy atom. The number of hydrogen-bond acceptors (Lipinski definition) is 5. The molecule has 4 N–H and O–H groups in total. The van der Waals surface area contributed by atoms with Crippen LogP contribution in [0.4, 0.5) is 17.1 Å². The van der Waals surface area contributed by atoms with Gasteiger partial charge >= 0.3 is 0 Å². The number of hydrogen-bond donors (Lipinski definition) is 3. The molecule has 0 aliphatic heterocycles. The van der Waals surface area contributed by atoms with E-state index in [0.29, 0.717) is 11.3 Å². The monoisotopic (exact) mass is 287 g/mol. The molecule has 108 valence electrons. The first-order chi connectivity index (χ1) is 9.95. The summed E-state index contributed by atoms with van der Waals surface area (Å²) < 4.78 is 0. The number of nitrogens with one attached hydrogen (secondary N) is 1. The third-order valence-electron chi connectivity index (χ3n) is 2.78. The molecule has 0 fully saturated rings. The fraction of sp³-hybridized carbons (Fsp3) is 0.0714. The Hall–Kier alpha value is -3.09. The maximum atomic E-state index is 11.9. The minimum absolute atomic E-state index is 0.00176. The van der Waals surface area contributed by atoms with Gasteiger partial charge in [-0.05, 0) is 23.8 Å². The standard InChI is InChI=1S/C14H13N3O4/c15-10-3-1-2-9(6-10)7-14(19)16-12-8-11(17(20)21)4-5-13(12)18/h1-6,8,18H,7,15H2,(H,16,19). The molecule has 2 aromatic rings. The number of aromatic hydroxyl groups is 1. The summed E-state index contributed by atoms with van der Waals surface area (Å²) in [4.78, 5) is 22.0. The normalized spacial score (nSPS) is 10.1. The average molecular weight is 287 g/mol. The van der Waals surface area contributed by atoms with Crippen LogP contribution in [0.2, 0.25) is 0 Å². The molecule has 0 spiro atoms. The third-order valence-corrected chi connectivity index (χ3v) is 2.78. The van der Waals surface area contributed by atoms with Gasteiger partial charge < -0.3 is 16.2 Å². The van der Waals surface area contributed by atoms with Crippen LogP contribution in [0.15, 0.2) is 42.5 Å². The first-order valence-corrected chi connectivity index (χ1v) is 6.07. The number of nitrogens with zero attached hydrogens (tertiary/aromatic N) is 1. The highest BCUT2D eigenvalue weighted by Crippen LogP contribution is 2.27. The van der Waals surface area contributed by atoms with E-state index in [1.54, 1.807) is 24.3 Å². The predicted octanol–water partition coefficient (Wildman–Crippen LogP) is 2.06. The van der Waals surface area contributed by atoms with Gasteiger partial charge in [-0.1, -0.05) is 12.1 Å². The Morgan fingerprint density at radius 1 is 1.29 bits per heavy atom. The van der Waals surface area contributed by atoms with Gasteiger partial charge in [0.25, 0.3) is 5.69 Å². The number of amides is 1. The molecule has 21 heavy (non-hydrogen) atoms. The van der Waals surface area contributed by atoms with E-state index in [9.17, 15) is 20.0 Å². The van der Waals surface area contributed by atoms with Crippen LogP contribution in [0.3, 0.4) is 0 Å². The van der Waals surface area contributed by atoms with E-state index in [2.05, 4.69) is 5.32 Å². The highest BCUT2D eigenvalue weighted by Gasteiger charge is 2.13. The van der Waals surface area contributed by atoms with E-state index < -0.39 is 10.8 Å². The molecule has 0 saturated heterocycles. The number of benzene rings is 2. The second-order valence-electron chi connectivity index (χ2n) is 4.43. The zero-order valence-corrected chi connectivity index (χ0v) is 10.9. The minimum atomic E-state index is -0.604. The van der Waals surface area contributed by atoms with Crippen LogP contribution >= 0.6 is 0 Å². The molecule has 0 saturated carbocycles. The van der Waals surface area contributed by atoms with Crippen LogP contribution in [-0.4, -0.2) is 15.9 Å². The van der Waals surface area contributed by atoms with Crippen molar-refractivity contribution < 1.29 is 14.8 Å². The van der Waals surface area contributed by atoms with Gasteiger partial charge in [0.1, 0.15) is 5.75 Å². The van der Waals surface area contributed by atoms with Gasteiger partial charge in [0.2, 0.25) is 5.91 Å². The zero-order chi connectivity index (χ0) is 15.4. The van der Waals surface area contributed by atoms with Crippen LogP contribution in [0, 0.1) is 10.1 Å². The fourth-order valence-electron chi connectivity index (χ4n) is 1.82. The van der Waals surface area contributed by atoms with E-state index >= 15 is 0 Å². The van der Waals surface area contributed by atoms with Gasteiger partial charge in [-0.15, -0.1) is 0 Å². The van der Waals surface area contributed by atoms with Crippen molar-refractivity contribution in [3.05, 3.63) is 58.1 Å². The Balaban J connectivity index is 2.12. The van der Waals surface area contributed by atoms with Gasteiger partial charge in [0, 0.05) is 17.8 Å². The smallest absolute Gasteiger partial charge is 0.271 e. The molecular weight excluding hydrogens is 274 g/mol. The number of nitrogen functional groups attached to an aromatic ring is 1. The maximum Gasteiger partial charge on any atom is 0.271 e. The number of anilines is 2. The topological polar surface area (TPSA) is 118 Å². The average Bonchev–Trinajstić information content (AvgIpc) is 2.41. The van der Waals surface area contributed by atoms with Crippen molar-refractivity contribution in [2.75, 3.05) is 11.1 Å². The molecule has 0 aromatic heterocycles. The quantitative estimate of drug-likeness (QED) is 0.344. The van der Waals surface area contributed by atoms with Gasteiger partial charge in [0.05, 0.1) is 17.0 Å². The molecule has 0 bridgehead atoms. The predicted molar refractivity (Wildman–Crippen MR) is 77.9 cm³/mol. The van der Waals surface area contributed by atoms with E-state index in [0.717, 1.165) is 18.2 Å². The number of carbonyl (C=O) groups excluding carboxylic acids is 1. The lowest BCUT2D eigenvalue weighted by atomic mass is 10.1. The molecule has 0 heterocycles. The van der Waals surface area contributed by atoms with Crippen molar-refractivity contribution in [3.8, 4) is 5.75 Å². The fourth-order valence-corrected chi connectivity index (χ4v) is 1.82. The van der Waals surface area contributed by atoms with Crippen molar-refractivity contribution >= 4 is 23.0 Å². The lowest BCUT2D eigenvalue weighted by molar-refractivity contribution is -0.384. The van der Waals surface area contributed by atoms with E-state index in [4.69, 9.17) is 5.73 Å². The number of nitro benzene ring substituents is 1. The molecule has 1 amide bonds. The van der Waals surface area contributed by atoms with Crippen LogP contribution in [-0.2, 0) is 11.2 Å². The molecule has 0 unspecified atom stereocenters. The summed E-state index contributed by atoms with van der Waals surface area (Å²) in [5, 5.41) is 22.7. The van der Waals surface area contributed by atoms with Crippen molar-refractivity contribution in [2.24, 2.45) is 0 Å². The Bertz CT molecular complexity index is 700. The van der Waals surface area contributed by atoms with Crippen LogP contribution in [0.5, 0.6) is 5.75 Å². The van der Waals surface area contributed by atoms with Gasteiger partial charge in [-0.3, -0.25) is 14.9 Å². The SMILES string of the molecule is Nc1cccc(CC(=O)Nc2cc([N+](=O)[O-])ccc2O)c1. The molecule has 0 aliphatic rings. The molecule has 0 radical (unpaired) electrons. The number of phenolic OH excluding ortho intramolecular Hbond substituents is 1. The molecular formula is C14H13N3O4. The molecule has 2 rings (SSSR count). The molecule has 0 aliphatic carbocycles. The molecule has 7 nitrogen and oxygen atoms in total. The summed E-state index contributed by atoms with van der Waals surface area (Å²) in [5.74, 6) is -0.641. The van der Waals surface area contributed by atoms with Crippen molar-refractivity contribution in [1.29, 1.82) is 0 Å². The molecule has 7 heteroatoms. The number of nitrogens with two attached hydrogens (primary N) is 1.